The molecule has 154 valence electrons. The maximum atomic E-state index is 12.5. The lowest BCUT2D eigenvalue weighted by Gasteiger charge is -2.13. The van der Waals surface area contributed by atoms with Crippen LogP contribution in [0, 0.1) is 0 Å². The number of methoxy groups -OCH3 is 3. The van der Waals surface area contributed by atoms with Crippen LogP contribution in [0.1, 0.15) is 5.56 Å². The first-order valence-electron chi connectivity index (χ1n) is 8.27. The number of rotatable bonds is 7. The smallest absolute Gasteiger partial charge is 0.238 e. The number of anilines is 1. The lowest BCUT2D eigenvalue weighted by atomic mass is 10.1. The van der Waals surface area contributed by atoms with Crippen molar-refractivity contribution >= 4 is 42.6 Å². The molecular formula is C18H19N3O6S2. The van der Waals surface area contributed by atoms with E-state index < -0.39 is 10.0 Å². The number of hydrogen-bond acceptors (Lipinski definition) is 8. The third-order valence-electron chi connectivity index (χ3n) is 4.02. The van der Waals surface area contributed by atoms with Crippen LogP contribution in [-0.2, 0) is 21.2 Å². The van der Waals surface area contributed by atoms with Crippen LogP contribution in [0.4, 0.5) is 5.13 Å². The molecule has 0 saturated carbocycles. The van der Waals surface area contributed by atoms with Crippen molar-refractivity contribution in [3.05, 3.63) is 35.9 Å². The molecule has 0 aliphatic carbocycles. The van der Waals surface area contributed by atoms with Gasteiger partial charge in [0.1, 0.15) is 0 Å². The van der Waals surface area contributed by atoms with E-state index in [1.54, 1.807) is 18.2 Å². The van der Waals surface area contributed by atoms with E-state index in [4.69, 9.17) is 19.3 Å². The second-order valence-electron chi connectivity index (χ2n) is 5.95. The van der Waals surface area contributed by atoms with Gasteiger partial charge in [-0.3, -0.25) is 4.79 Å². The van der Waals surface area contributed by atoms with Gasteiger partial charge in [0, 0.05) is 0 Å². The third kappa shape index (κ3) is 4.58. The summed E-state index contributed by atoms with van der Waals surface area (Å²) in [4.78, 5) is 16.7. The van der Waals surface area contributed by atoms with Crippen molar-refractivity contribution in [1.82, 2.24) is 4.98 Å². The molecule has 0 atom stereocenters. The van der Waals surface area contributed by atoms with Gasteiger partial charge >= 0.3 is 0 Å². The molecule has 3 aromatic rings. The zero-order valence-electron chi connectivity index (χ0n) is 15.9. The summed E-state index contributed by atoms with van der Waals surface area (Å²) in [6.45, 7) is 0. The van der Waals surface area contributed by atoms with Gasteiger partial charge in [-0.05, 0) is 35.9 Å². The predicted molar refractivity (Wildman–Crippen MR) is 109 cm³/mol. The van der Waals surface area contributed by atoms with E-state index in [1.807, 2.05) is 0 Å². The van der Waals surface area contributed by atoms with Crippen LogP contribution in [-0.4, -0.2) is 40.6 Å². The highest BCUT2D eigenvalue weighted by Crippen LogP contribution is 2.38. The Hall–Kier alpha value is -2.89. The van der Waals surface area contributed by atoms with E-state index in [0.717, 1.165) is 11.3 Å². The minimum Gasteiger partial charge on any atom is -0.493 e. The summed E-state index contributed by atoms with van der Waals surface area (Å²) in [7, 11) is 0.687. The van der Waals surface area contributed by atoms with Crippen molar-refractivity contribution in [2.24, 2.45) is 5.14 Å². The zero-order chi connectivity index (χ0) is 21.2. The molecular weight excluding hydrogens is 418 g/mol. The third-order valence-corrected chi connectivity index (χ3v) is 5.87. The quantitative estimate of drug-likeness (QED) is 0.579. The van der Waals surface area contributed by atoms with Crippen LogP contribution in [0.25, 0.3) is 10.2 Å². The Morgan fingerprint density at radius 2 is 1.76 bits per heavy atom. The van der Waals surface area contributed by atoms with Gasteiger partial charge in [-0.15, -0.1) is 0 Å². The summed E-state index contributed by atoms with van der Waals surface area (Å²) in [5.74, 6) is 1.04. The summed E-state index contributed by atoms with van der Waals surface area (Å²) in [6, 6.07) is 7.73. The monoisotopic (exact) mass is 437 g/mol. The molecule has 0 aliphatic heterocycles. The minimum absolute atomic E-state index is 0.0102. The average Bonchev–Trinajstić information content (AvgIpc) is 3.07. The van der Waals surface area contributed by atoms with Gasteiger partial charge in [0.05, 0.1) is 42.9 Å². The molecule has 0 saturated heterocycles. The van der Waals surface area contributed by atoms with E-state index in [0.29, 0.717) is 38.2 Å². The predicted octanol–water partition coefficient (Wildman–Crippen LogP) is 2.15. The second-order valence-corrected chi connectivity index (χ2v) is 8.54. The SMILES string of the molecule is COc1cc(CC(=O)Nc2nc3ccc(S(N)(=O)=O)cc3s2)cc(OC)c1OC. The fourth-order valence-electron chi connectivity index (χ4n) is 2.72. The van der Waals surface area contributed by atoms with Crippen molar-refractivity contribution in [2.75, 3.05) is 26.6 Å². The van der Waals surface area contributed by atoms with Crippen molar-refractivity contribution in [3.63, 3.8) is 0 Å². The maximum absolute atomic E-state index is 12.5. The molecule has 0 aliphatic rings. The normalized spacial score (nSPS) is 11.3. The van der Waals surface area contributed by atoms with Crippen LogP contribution < -0.4 is 24.7 Å². The average molecular weight is 437 g/mol. The standard InChI is InChI=1S/C18H19N3O6S2/c1-25-13-6-10(7-14(26-2)17(13)27-3)8-16(22)21-18-20-12-5-4-11(29(19,23)24)9-15(12)28-18/h4-7,9H,8H2,1-3H3,(H2,19,23,24)(H,20,21,22). The first-order valence-corrected chi connectivity index (χ1v) is 10.6. The van der Waals surface area contributed by atoms with Gasteiger partial charge in [0.2, 0.25) is 21.7 Å². The van der Waals surface area contributed by atoms with Crippen LogP contribution >= 0.6 is 11.3 Å². The molecule has 0 spiro atoms. The Balaban J connectivity index is 1.80. The van der Waals surface area contributed by atoms with Crippen molar-refractivity contribution in [1.29, 1.82) is 0 Å². The lowest BCUT2D eigenvalue weighted by molar-refractivity contribution is -0.115. The number of ether oxygens (including phenoxy) is 3. The fraction of sp³-hybridized carbons (Fsp3) is 0.222. The van der Waals surface area contributed by atoms with Gasteiger partial charge < -0.3 is 19.5 Å². The molecule has 2 aromatic carbocycles. The number of thiazole rings is 1. The van der Waals surface area contributed by atoms with Crippen molar-refractivity contribution in [3.8, 4) is 17.2 Å². The highest BCUT2D eigenvalue weighted by molar-refractivity contribution is 7.89. The summed E-state index contributed by atoms with van der Waals surface area (Å²) < 4.78 is 39.4. The van der Waals surface area contributed by atoms with E-state index in [1.165, 1.54) is 33.5 Å². The van der Waals surface area contributed by atoms with E-state index in [2.05, 4.69) is 10.3 Å². The Morgan fingerprint density at radius 3 is 2.31 bits per heavy atom. The Labute approximate surface area is 171 Å². The number of benzene rings is 2. The first kappa shape index (κ1) is 20.8. The summed E-state index contributed by atoms with van der Waals surface area (Å²) in [5, 5.41) is 8.21. The topological polar surface area (TPSA) is 130 Å². The second kappa shape index (κ2) is 8.23. The number of nitrogens with one attached hydrogen (secondary N) is 1. The highest BCUT2D eigenvalue weighted by atomic mass is 32.2. The number of carbonyl (C=O) groups is 1. The highest BCUT2D eigenvalue weighted by Gasteiger charge is 2.16. The van der Waals surface area contributed by atoms with Crippen molar-refractivity contribution in [2.45, 2.75) is 11.3 Å². The Kier molecular flexibility index (Phi) is 5.91. The van der Waals surface area contributed by atoms with Gasteiger partial charge in [-0.1, -0.05) is 11.3 Å². The largest absolute Gasteiger partial charge is 0.493 e. The molecule has 9 nitrogen and oxygen atoms in total. The molecule has 29 heavy (non-hydrogen) atoms. The van der Waals surface area contributed by atoms with Crippen molar-refractivity contribution < 1.29 is 27.4 Å². The maximum Gasteiger partial charge on any atom is 0.238 e. The summed E-state index contributed by atoms with van der Waals surface area (Å²) in [6.07, 6.45) is 0.0507. The Bertz CT molecular complexity index is 1150. The molecule has 1 aromatic heterocycles. The lowest BCUT2D eigenvalue weighted by Crippen LogP contribution is -2.14. The first-order chi connectivity index (χ1) is 13.7. The molecule has 1 amide bonds. The van der Waals surface area contributed by atoms with Crippen LogP contribution in [0.3, 0.4) is 0 Å². The number of nitrogens with two attached hydrogens (primary N) is 1. The van der Waals surface area contributed by atoms with Gasteiger partial charge in [0.25, 0.3) is 0 Å². The van der Waals surface area contributed by atoms with E-state index in [-0.39, 0.29) is 17.2 Å². The van der Waals surface area contributed by atoms with Gasteiger partial charge in [-0.25, -0.2) is 18.5 Å². The molecule has 0 radical (unpaired) electrons. The van der Waals surface area contributed by atoms with Gasteiger partial charge in [0.15, 0.2) is 16.6 Å². The zero-order valence-corrected chi connectivity index (χ0v) is 17.5. The van der Waals surface area contributed by atoms with E-state index in [9.17, 15) is 13.2 Å². The number of nitrogens with zero attached hydrogens (tertiary/aromatic N) is 1. The number of fused-ring (bicyclic) bond motifs is 1. The van der Waals surface area contributed by atoms with Crippen LogP contribution in [0.5, 0.6) is 17.2 Å². The minimum atomic E-state index is -3.81. The number of hydrogen-bond donors (Lipinski definition) is 2. The van der Waals surface area contributed by atoms with Gasteiger partial charge in [-0.2, -0.15) is 0 Å². The number of aromatic nitrogens is 1. The molecule has 1 heterocycles. The van der Waals surface area contributed by atoms with Crippen LogP contribution in [0.2, 0.25) is 0 Å². The molecule has 3 N–H and O–H groups in total. The number of primary sulfonamides is 1. The summed E-state index contributed by atoms with van der Waals surface area (Å²) >= 11 is 1.16. The van der Waals surface area contributed by atoms with Crippen LogP contribution in [0.15, 0.2) is 35.2 Å². The van der Waals surface area contributed by atoms with E-state index >= 15 is 0 Å². The fourth-order valence-corrected chi connectivity index (χ4v) is 4.26. The number of sulfonamides is 1. The molecule has 0 unspecified atom stereocenters. The molecule has 0 fully saturated rings. The number of carbonyl (C=O) groups excluding carboxylic acids is 1. The molecule has 11 heteroatoms. The molecule has 0 bridgehead atoms. The molecule has 3 rings (SSSR count). The summed E-state index contributed by atoms with van der Waals surface area (Å²) in [5.41, 5.74) is 1.22. The number of amides is 1. The Morgan fingerprint density at radius 1 is 1.10 bits per heavy atom.